The van der Waals surface area contributed by atoms with Gasteiger partial charge in [0.05, 0.1) is 5.39 Å². The van der Waals surface area contributed by atoms with Crippen molar-refractivity contribution in [3.8, 4) is 0 Å². The molecule has 1 atom stereocenters. The van der Waals surface area contributed by atoms with Crippen LogP contribution in [0.15, 0.2) is 6.33 Å². The largest absolute Gasteiger partial charge is 0.356 e. The van der Waals surface area contributed by atoms with Crippen LogP contribution in [0, 0.1) is 25.7 Å². The fourth-order valence-electron chi connectivity index (χ4n) is 3.81. The number of nitrogens with one attached hydrogen (secondary N) is 1. The number of hydrogen-bond acceptors (Lipinski definition) is 5. The molecule has 1 aliphatic heterocycles. The number of hydrogen-bond donors (Lipinski definition) is 1. The molecule has 0 bridgehead atoms. The summed E-state index contributed by atoms with van der Waals surface area (Å²) in [5, 5.41) is 4.42. The fraction of sp³-hybridized carbons (Fsp3) is 0.632. The van der Waals surface area contributed by atoms with Crippen molar-refractivity contribution in [2.75, 3.05) is 18.0 Å². The van der Waals surface area contributed by atoms with Gasteiger partial charge in [0.2, 0.25) is 5.91 Å². The fourth-order valence-corrected chi connectivity index (χ4v) is 4.80. The molecule has 2 fully saturated rings. The van der Waals surface area contributed by atoms with Gasteiger partial charge in [-0.25, -0.2) is 9.97 Å². The van der Waals surface area contributed by atoms with Crippen LogP contribution < -0.4 is 10.2 Å². The molecule has 1 N–H and O–H groups in total. The first-order valence-electron chi connectivity index (χ1n) is 9.30. The second-order valence-corrected chi connectivity index (χ2v) is 8.76. The number of fused-ring (bicyclic) bond motifs is 1. The predicted octanol–water partition coefficient (Wildman–Crippen LogP) is 3.44. The molecule has 2 aliphatic rings. The van der Waals surface area contributed by atoms with Crippen LogP contribution in [0.4, 0.5) is 5.82 Å². The zero-order valence-corrected chi connectivity index (χ0v) is 16.0. The Morgan fingerprint density at radius 2 is 1.96 bits per heavy atom. The van der Waals surface area contributed by atoms with E-state index in [0.29, 0.717) is 12.0 Å². The smallest absolute Gasteiger partial charge is 0.223 e. The summed E-state index contributed by atoms with van der Waals surface area (Å²) in [5.41, 5.74) is 1.29. The van der Waals surface area contributed by atoms with Crippen LogP contribution in [0.2, 0.25) is 0 Å². The first-order chi connectivity index (χ1) is 12.0. The molecular weight excluding hydrogens is 332 g/mol. The Morgan fingerprint density at radius 1 is 1.24 bits per heavy atom. The minimum absolute atomic E-state index is 0.139. The molecule has 1 aliphatic carbocycles. The van der Waals surface area contributed by atoms with E-state index >= 15 is 0 Å². The Hall–Kier alpha value is -1.69. The quantitative estimate of drug-likeness (QED) is 0.910. The number of carbonyl (C=O) groups is 1. The summed E-state index contributed by atoms with van der Waals surface area (Å²) in [5.74, 6) is 2.13. The third-order valence-electron chi connectivity index (χ3n) is 5.81. The maximum atomic E-state index is 12.5. The van der Waals surface area contributed by atoms with Gasteiger partial charge >= 0.3 is 0 Å². The minimum Gasteiger partial charge on any atom is -0.356 e. The Bertz CT molecular complexity index is 790. The van der Waals surface area contributed by atoms with Crippen molar-refractivity contribution >= 4 is 33.3 Å². The van der Waals surface area contributed by atoms with Crippen LogP contribution in [0.25, 0.3) is 10.2 Å². The molecule has 0 radical (unpaired) electrons. The molecule has 134 valence electrons. The van der Waals surface area contributed by atoms with E-state index in [1.165, 1.54) is 28.7 Å². The molecule has 6 heteroatoms. The molecule has 2 aromatic rings. The second-order valence-electron chi connectivity index (χ2n) is 7.56. The first-order valence-corrected chi connectivity index (χ1v) is 10.1. The lowest BCUT2D eigenvalue weighted by atomic mass is 9.95. The van der Waals surface area contributed by atoms with E-state index in [9.17, 15) is 4.79 Å². The summed E-state index contributed by atoms with van der Waals surface area (Å²) in [6.07, 6.45) is 6.00. The predicted molar refractivity (Wildman–Crippen MR) is 102 cm³/mol. The number of anilines is 1. The van der Waals surface area contributed by atoms with E-state index in [0.717, 1.165) is 36.6 Å². The lowest BCUT2D eigenvalue weighted by molar-refractivity contribution is -0.126. The molecular formula is C19H26N4OS. The molecule has 25 heavy (non-hydrogen) atoms. The van der Waals surface area contributed by atoms with Crippen molar-refractivity contribution in [2.24, 2.45) is 11.8 Å². The second kappa shape index (κ2) is 6.56. The summed E-state index contributed by atoms with van der Waals surface area (Å²) in [4.78, 5) is 26.2. The van der Waals surface area contributed by atoms with Crippen LogP contribution in [-0.4, -0.2) is 35.0 Å². The Morgan fingerprint density at radius 3 is 2.64 bits per heavy atom. The maximum absolute atomic E-state index is 12.5. The lowest BCUT2D eigenvalue weighted by Gasteiger charge is -2.33. The van der Waals surface area contributed by atoms with Crippen molar-refractivity contribution in [3.63, 3.8) is 0 Å². The molecule has 1 saturated heterocycles. The van der Waals surface area contributed by atoms with E-state index in [1.54, 1.807) is 17.7 Å². The third-order valence-corrected chi connectivity index (χ3v) is 6.92. The molecule has 1 saturated carbocycles. The lowest BCUT2D eigenvalue weighted by Crippen LogP contribution is -2.44. The topological polar surface area (TPSA) is 58.1 Å². The maximum Gasteiger partial charge on any atom is 0.223 e. The van der Waals surface area contributed by atoms with E-state index in [4.69, 9.17) is 0 Å². The van der Waals surface area contributed by atoms with Crippen molar-refractivity contribution in [2.45, 2.75) is 52.5 Å². The number of piperidine rings is 1. The van der Waals surface area contributed by atoms with Crippen molar-refractivity contribution < 1.29 is 4.79 Å². The number of nitrogens with zero attached hydrogens (tertiary/aromatic N) is 3. The normalized spacial score (nSPS) is 20.0. The Kier molecular flexibility index (Phi) is 4.40. The summed E-state index contributed by atoms with van der Waals surface area (Å²) in [6, 6.07) is 0.337. The Balaban J connectivity index is 1.44. The van der Waals surface area contributed by atoms with E-state index < -0.39 is 0 Å². The van der Waals surface area contributed by atoms with Crippen LogP contribution >= 0.6 is 11.3 Å². The number of aryl methyl sites for hydroxylation is 2. The van der Waals surface area contributed by atoms with E-state index in [2.05, 4.69) is 41.0 Å². The van der Waals surface area contributed by atoms with Gasteiger partial charge in [-0.2, -0.15) is 0 Å². The highest BCUT2D eigenvalue weighted by Crippen LogP contribution is 2.36. The number of aromatic nitrogens is 2. The number of carbonyl (C=O) groups excluding carboxylic acids is 1. The summed E-state index contributed by atoms with van der Waals surface area (Å²) >= 11 is 1.74. The highest BCUT2D eigenvalue weighted by atomic mass is 32.1. The average molecular weight is 359 g/mol. The average Bonchev–Trinajstić information content (AvgIpc) is 3.42. The standard InChI is InChI=1S/C19H26N4OS/c1-11-13(3)25-19-16(11)17(20-10-21-19)23-8-6-15(7-9-23)18(24)22-12(2)14-4-5-14/h10,12,14-15H,4-9H2,1-3H3,(H,22,24)/t12-/m1/s1. The number of thiophene rings is 1. The molecule has 1 amide bonds. The zero-order chi connectivity index (χ0) is 17.6. The summed E-state index contributed by atoms with van der Waals surface area (Å²) < 4.78 is 0. The summed E-state index contributed by atoms with van der Waals surface area (Å²) in [6.45, 7) is 8.21. The monoisotopic (exact) mass is 358 g/mol. The van der Waals surface area contributed by atoms with Crippen molar-refractivity contribution in [1.29, 1.82) is 0 Å². The highest BCUT2D eigenvalue weighted by Gasteiger charge is 2.32. The first kappa shape index (κ1) is 16.8. The van der Waals surface area contributed by atoms with E-state index in [-0.39, 0.29) is 11.8 Å². The van der Waals surface area contributed by atoms with E-state index in [1.807, 2.05) is 0 Å². The zero-order valence-electron chi connectivity index (χ0n) is 15.2. The van der Waals surface area contributed by atoms with Crippen LogP contribution in [0.3, 0.4) is 0 Å². The number of amides is 1. The van der Waals surface area contributed by atoms with Gasteiger partial charge in [0.1, 0.15) is 17.0 Å². The summed E-state index contributed by atoms with van der Waals surface area (Å²) in [7, 11) is 0. The van der Waals surface area contributed by atoms with Gasteiger partial charge in [0.15, 0.2) is 0 Å². The minimum atomic E-state index is 0.139. The molecule has 3 heterocycles. The van der Waals surface area contributed by atoms with Gasteiger partial charge in [0, 0.05) is 29.9 Å². The van der Waals surface area contributed by atoms with Gasteiger partial charge in [-0.1, -0.05) is 0 Å². The van der Waals surface area contributed by atoms with Gasteiger partial charge < -0.3 is 10.2 Å². The third kappa shape index (κ3) is 3.24. The van der Waals surface area contributed by atoms with Crippen molar-refractivity contribution in [3.05, 3.63) is 16.8 Å². The highest BCUT2D eigenvalue weighted by molar-refractivity contribution is 7.18. The van der Waals surface area contributed by atoms with Gasteiger partial charge in [-0.15, -0.1) is 11.3 Å². The molecule has 0 aromatic carbocycles. The van der Waals surface area contributed by atoms with Crippen LogP contribution in [0.1, 0.15) is 43.0 Å². The van der Waals surface area contributed by atoms with Gasteiger partial charge in [-0.05, 0) is 57.9 Å². The van der Waals surface area contributed by atoms with Crippen molar-refractivity contribution in [1.82, 2.24) is 15.3 Å². The Labute approximate surface area is 152 Å². The molecule has 4 rings (SSSR count). The van der Waals surface area contributed by atoms with Gasteiger partial charge in [-0.3, -0.25) is 4.79 Å². The SMILES string of the molecule is Cc1sc2ncnc(N3CCC(C(=O)N[C@H](C)C4CC4)CC3)c2c1C. The van der Waals surface area contributed by atoms with Crippen LogP contribution in [-0.2, 0) is 4.79 Å². The number of rotatable bonds is 4. The molecule has 5 nitrogen and oxygen atoms in total. The molecule has 0 unspecified atom stereocenters. The van der Waals surface area contributed by atoms with Gasteiger partial charge in [0.25, 0.3) is 0 Å². The molecule has 0 spiro atoms. The molecule has 2 aromatic heterocycles. The van der Waals surface area contributed by atoms with Crippen LogP contribution in [0.5, 0.6) is 0 Å².